The molecule has 0 atom stereocenters. The second kappa shape index (κ2) is 12.3. The number of hydrogen-bond acceptors (Lipinski definition) is 14. The van der Waals surface area contributed by atoms with Gasteiger partial charge in [-0.15, -0.1) is 15.3 Å². The molecule has 0 aliphatic heterocycles. The first-order valence-corrected chi connectivity index (χ1v) is 18.9. The number of phenolic OH excluding ortho intramolecular Hbond substituents is 1. The van der Waals surface area contributed by atoms with Crippen LogP contribution in [0, 0.1) is 0 Å². The van der Waals surface area contributed by atoms with Crippen LogP contribution in [0.3, 0.4) is 0 Å². The molecule has 256 valence electrons. The third kappa shape index (κ3) is 7.36. The van der Waals surface area contributed by atoms with Crippen LogP contribution in [-0.2, 0) is 40.5 Å². The van der Waals surface area contributed by atoms with E-state index in [0.29, 0.717) is 0 Å². The van der Waals surface area contributed by atoms with Gasteiger partial charge in [-0.05, 0) is 66.0 Å². The van der Waals surface area contributed by atoms with Gasteiger partial charge in [0.1, 0.15) is 20.4 Å². The van der Waals surface area contributed by atoms with Crippen molar-refractivity contribution in [2.45, 2.75) is 19.6 Å². The van der Waals surface area contributed by atoms with Crippen LogP contribution < -0.4 is 5.73 Å². The number of rotatable bonds is 8. The van der Waals surface area contributed by atoms with Gasteiger partial charge in [0.15, 0.2) is 5.75 Å². The summed E-state index contributed by atoms with van der Waals surface area (Å²) < 4.78 is 133. The van der Waals surface area contributed by atoms with E-state index in [0.717, 1.165) is 42.5 Å². The summed E-state index contributed by atoms with van der Waals surface area (Å²) in [6, 6.07) is 11.4. The molecule has 0 bridgehead atoms. The van der Waals surface area contributed by atoms with Gasteiger partial charge in [-0.2, -0.15) is 38.8 Å². The molecule has 23 heteroatoms. The summed E-state index contributed by atoms with van der Waals surface area (Å²) in [4.78, 5) is -3.12. The highest BCUT2D eigenvalue weighted by Crippen LogP contribution is 2.44. The molecule has 5 rings (SSSR count). The first-order chi connectivity index (χ1) is 22.6. The largest absolute Gasteiger partial charge is 0.505 e. The fourth-order valence-electron chi connectivity index (χ4n) is 4.51. The van der Waals surface area contributed by atoms with E-state index >= 15 is 0 Å². The van der Waals surface area contributed by atoms with Crippen LogP contribution in [0.4, 0.5) is 28.4 Å². The Kier molecular flexibility index (Phi) is 8.98. The molecule has 0 aromatic heterocycles. The lowest BCUT2D eigenvalue weighted by Crippen LogP contribution is -2.04. The van der Waals surface area contributed by atoms with Gasteiger partial charge >= 0.3 is 0 Å². The highest BCUT2D eigenvalue weighted by atomic mass is 35.5. The summed E-state index contributed by atoms with van der Waals surface area (Å²) in [7, 11) is -19.6. The zero-order valence-corrected chi connectivity index (χ0v) is 27.8. The van der Waals surface area contributed by atoms with Crippen LogP contribution in [0.2, 0.25) is 5.02 Å². The van der Waals surface area contributed by atoms with Crippen LogP contribution in [0.1, 0.15) is 0 Å². The van der Waals surface area contributed by atoms with E-state index in [1.54, 1.807) is 0 Å². The zero-order valence-electron chi connectivity index (χ0n) is 23.7. The molecule has 18 nitrogen and oxygen atoms in total. The van der Waals surface area contributed by atoms with Crippen LogP contribution >= 0.6 is 11.6 Å². The average Bonchev–Trinajstić information content (AvgIpc) is 2.98. The third-order valence-electron chi connectivity index (χ3n) is 6.70. The quantitative estimate of drug-likeness (QED) is 0.0621. The number of phenols is 1. The molecular formula is C26H18ClN5O13S4. The number of nitrogen functional groups attached to an aromatic ring is 1. The van der Waals surface area contributed by atoms with Crippen molar-refractivity contribution in [1.82, 2.24) is 0 Å². The molecule has 49 heavy (non-hydrogen) atoms. The molecular weight excluding hydrogens is 754 g/mol. The fourth-order valence-corrected chi connectivity index (χ4v) is 7.30. The first-order valence-electron chi connectivity index (χ1n) is 12.7. The maximum atomic E-state index is 12.3. The Morgan fingerprint density at radius 3 is 1.71 bits per heavy atom. The van der Waals surface area contributed by atoms with Crippen molar-refractivity contribution in [1.29, 1.82) is 0 Å². The highest BCUT2D eigenvalue weighted by Gasteiger charge is 2.25. The van der Waals surface area contributed by atoms with Crippen molar-refractivity contribution in [3.05, 3.63) is 71.8 Å². The number of aromatic hydroxyl groups is 1. The molecule has 7 N–H and O–H groups in total. The van der Waals surface area contributed by atoms with Gasteiger partial charge in [-0.3, -0.25) is 18.2 Å². The Morgan fingerprint density at radius 2 is 1.12 bits per heavy atom. The van der Waals surface area contributed by atoms with E-state index in [1.165, 1.54) is 24.3 Å². The molecule has 0 unspecified atom stereocenters. The lowest BCUT2D eigenvalue weighted by atomic mass is 10.1. The minimum absolute atomic E-state index is 0.0245. The van der Waals surface area contributed by atoms with E-state index in [4.69, 9.17) is 17.3 Å². The monoisotopic (exact) mass is 771 g/mol. The molecule has 0 heterocycles. The molecule has 0 saturated heterocycles. The van der Waals surface area contributed by atoms with Crippen LogP contribution in [0.25, 0.3) is 21.5 Å². The van der Waals surface area contributed by atoms with Crippen molar-refractivity contribution >= 4 is 102 Å². The molecule has 5 aromatic rings. The minimum atomic E-state index is -5.19. The fraction of sp³-hybridized carbons (Fsp3) is 0. The summed E-state index contributed by atoms with van der Waals surface area (Å²) in [6.07, 6.45) is 0. The van der Waals surface area contributed by atoms with E-state index < -0.39 is 77.2 Å². The Balaban J connectivity index is 1.70. The number of azo groups is 2. The lowest BCUT2D eigenvalue weighted by Gasteiger charge is -2.11. The Morgan fingerprint density at radius 1 is 0.551 bits per heavy atom. The van der Waals surface area contributed by atoms with E-state index in [1.807, 2.05) is 0 Å². The predicted molar refractivity (Wildman–Crippen MR) is 173 cm³/mol. The van der Waals surface area contributed by atoms with Gasteiger partial charge in [0.05, 0.1) is 32.7 Å². The number of halogens is 1. The van der Waals surface area contributed by atoms with Gasteiger partial charge in [0, 0.05) is 16.2 Å². The van der Waals surface area contributed by atoms with E-state index in [-0.39, 0.29) is 43.6 Å². The molecule has 0 amide bonds. The summed E-state index contributed by atoms with van der Waals surface area (Å²) in [6.45, 7) is 0. The summed E-state index contributed by atoms with van der Waals surface area (Å²) in [5.41, 5.74) is 4.06. The summed E-state index contributed by atoms with van der Waals surface area (Å²) in [5, 5.41) is 25.8. The molecule has 0 aliphatic rings. The molecule has 5 aromatic carbocycles. The van der Waals surface area contributed by atoms with Crippen molar-refractivity contribution in [2.24, 2.45) is 20.5 Å². The molecule has 0 radical (unpaired) electrons. The number of anilines is 1. The average molecular weight is 772 g/mol. The van der Waals surface area contributed by atoms with Crippen LogP contribution in [-0.4, -0.2) is 57.0 Å². The van der Waals surface area contributed by atoms with Gasteiger partial charge in [-0.25, -0.2) is 0 Å². The second-order valence-corrected chi connectivity index (χ2v) is 15.9. The van der Waals surface area contributed by atoms with Gasteiger partial charge in [0.25, 0.3) is 40.5 Å². The van der Waals surface area contributed by atoms with Gasteiger partial charge in [0.2, 0.25) is 0 Å². The Labute approximate surface area is 281 Å². The third-order valence-corrected chi connectivity index (χ3v) is 10.7. The standard InChI is InChI=1S/C26H18ClN5O13S4/c27-18-4-1-13(9-22(18)47(37,38)39)29-30-20-5-6-21(17-10-14(46(34,35)36)2-3-15(17)20)31-32-25-24(49(43,44)45)8-12-7-23(48(40,41)42)19(28)11-16(12)26(25)33/h1-11,33H,28H2,(H,34,35,36)(H,37,38,39)(H,40,41,42)(H,43,44,45). The number of benzene rings is 5. The number of nitrogens with two attached hydrogens (primary N) is 1. The number of fused-ring (bicyclic) bond motifs is 2. The Hall–Kier alpha value is -4.65. The summed E-state index contributed by atoms with van der Waals surface area (Å²) in [5.74, 6) is -0.942. The van der Waals surface area contributed by atoms with Crippen molar-refractivity contribution in [2.75, 3.05) is 5.73 Å². The lowest BCUT2D eigenvalue weighted by molar-refractivity contribution is 0.472. The maximum Gasteiger partial charge on any atom is 0.296 e. The van der Waals surface area contributed by atoms with Gasteiger partial charge in [-0.1, -0.05) is 17.7 Å². The number of nitrogens with zero attached hydrogens (tertiary/aromatic N) is 4. The topological polar surface area (TPSA) is 313 Å². The molecule has 0 fully saturated rings. The minimum Gasteiger partial charge on any atom is -0.505 e. The maximum absolute atomic E-state index is 12.3. The molecule has 0 saturated carbocycles. The predicted octanol–water partition coefficient (Wildman–Crippen LogP) is 5.75. The van der Waals surface area contributed by atoms with Crippen LogP contribution in [0.5, 0.6) is 5.75 Å². The van der Waals surface area contributed by atoms with Crippen LogP contribution in [0.15, 0.2) is 107 Å². The highest BCUT2D eigenvalue weighted by molar-refractivity contribution is 7.86. The smallest absolute Gasteiger partial charge is 0.296 e. The SMILES string of the molecule is Nc1cc2c(O)c(N=Nc3ccc(N=Nc4ccc(Cl)c(S(=O)(=O)O)c4)c4ccc(S(=O)(=O)O)cc34)c(S(=O)(=O)O)cc2cc1S(=O)(=O)O. The van der Waals surface area contributed by atoms with Crippen molar-refractivity contribution in [3.8, 4) is 5.75 Å². The van der Waals surface area contributed by atoms with Crippen molar-refractivity contribution < 1.29 is 57.0 Å². The first kappa shape index (κ1) is 35.7. The second-order valence-electron chi connectivity index (χ2n) is 9.91. The Bertz CT molecular complexity index is 2760. The molecule has 0 spiro atoms. The number of hydrogen-bond donors (Lipinski definition) is 6. The van der Waals surface area contributed by atoms with Gasteiger partial charge < -0.3 is 10.8 Å². The zero-order chi connectivity index (χ0) is 36.3. The van der Waals surface area contributed by atoms with E-state index in [2.05, 4.69) is 20.5 Å². The van der Waals surface area contributed by atoms with E-state index in [9.17, 15) is 57.0 Å². The van der Waals surface area contributed by atoms with Crippen molar-refractivity contribution in [3.63, 3.8) is 0 Å². The summed E-state index contributed by atoms with van der Waals surface area (Å²) >= 11 is 5.82. The normalized spacial score (nSPS) is 13.2. The molecule has 0 aliphatic carbocycles.